The third-order valence-electron chi connectivity index (χ3n) is 19.3. The summed E-state index contributed by atoms with van der Waals surface area (Å²) in [6.45, 7) is 4.93. The molecule has 0 radical (unpaired) electrons. The minimum Gasteiger partial charge on any atom is -0.466 e. The van der Waals surface area contributed by atoms with Crippen LogP contribution in [0.2, 0.25) is 0 Å². The molecule has 91 heavy (non-hydrogen) atoms. The van der Waals surface area contributed by atoms with Crippen molar-refractivity contribution in [3.8, 4) is 0 Å². The fourth-order valence-corrected chi connectivity index (χ4v) is 13.0. The Kier molecular flexibility index (Phi) is 78.3. The molecule has 0 spiro atoms. The lowest BCUT2D eigenvalue weighted by molar-refractivity contribution is -0.143. The van der Waals surface area contributed by atoms with Crippen molar-refractivity contribution in [1.29, 1.82) is 0 Å². The first-order chi connectivity index (χ1) is 45.0. The topological polar surface area (TPSA) is 95.9 Å². The summed E-state index contributed by atoms with van der Waals surface area (Å²) in [6.07, 6.45) is 107. The molecule has 2 atom stereocenters. The lowest BCUT2D eigenvalue weighted by Crippen LogP contribution is -2.45. The minimum atomic E-state index is -0.844. The number of carbonyl (C=O) groups is 2. The van der Waals surface area contributed by atoms with E-state index in [0.29, 0.717) is 19.4 Å². The van der Waals surface area contributed by atoms with E-state index in [2.05, 4.69) is 55.6 Å². The standard InChI is InChI=1S/C85H161NO5/c1-3-5-7-9-11-13-15-17-19-21-23-24-38-42-45-49-53-57-61-65-69-73-77-83(88)82(81-87)86-84(89)78-74-70-66-62-58-54-50-46-43-39-36-34-32-30-28-26-25-27-29-31-33-35-37-40-44-48-52-56-60-64-68-72-76-80-91-85(90)79-75-71-67-63-59-55-51-47-41-22-20-18-16-14-12-10-8-6-4-2/h12,14,18,20,29,31,73,77,82-83,87-88H,3-11,13,15-17,19,21-28,30,32-72,74-76,78-81H2,1-2H3,(H,86,89)/b14-12-,20-18-,31-29-,77-73+. The number of esters is 1. The lowest BCUT2D eigenvalue weighted by atomic mass is 10.0. The minimum absolute atomic E-state index is 0.0153. The molecule has 0 saturated heterocycles. The first kappa shape index (κ1) is 88.8. The molecule has 0 aromatic carbocycles. The maximum atomic E-state index is 12.6. The van der Waals surface area contributed by atoms with Gasteiger partial charge in [-0.1, -0.05) is 403 Å². The molecule has 0 fully saturated rings. The zero-order chi connectivity index (χ0) is 65.6. The molecule has 0 aliphatic rings. The monoisotopic (exact) mass is 1280 g/mol. The van der Waals surface area contributed by atoms with Crippen LogP contribution in [0.5, 0.6) is 0 Å². The zero-order valence-electron chi connectivity index (χ0n) is 61.6. The number of rotatable bonds is 78. The summed E-state index contributed by atoms with van der Waals surface area (Å²) in [7, 11) is 0. The van der Waals surface area contributed by atoms with E-state index in [4.69, 9.17) is 4.74 Å². The molecule has 6 heteroatoms. The second-order valence-electron chi connectivity index (χ2n) is 28.4. The molecule has 0 aromatic rings. The average Bonchev–Trinajstić information content (AvgIpc) is 3.58. The fourth-order valence-electron chi connectivity index (χ4n) is 13.0. The van der Waals surface area contributed by atoms with E-state index in [0.717, 1.165) is 51.4 Å². The van der Waals surface area contributed by atoms with Crippen molar-refractivity contribution in [2.75, 3.05) is 13.2 Å². The Bertz CT molecular complexity index is 1520. The molecule has 536 valence electrons. The van der Waals surface area contributed by atoms with Crippen LogP contribution in [0.1, 0.15) is 457 Å². The van der Waals surface area contributed by atoms with Crippen LogP contribution in [0.15, 0.2) is 48.6 Å². The van der Waals surface area contributed by atoms with Gasteiger partial charge in [0.2, 0.25) is 5.91 Å². The van der Waals surface area contributed by atoms with Crippen LogP contribution in [0.25, 0.3) is 0 Å². The summed E-state index contributed by atoms with van der Waals surface area (Å²) >= 11 is 0. The summed E-state index contributed by atoms with van der Waals surface area (Å²) < 4.78 is 5.51. The van der Waals surface area contributed by atoms with Gasteiger partial charge in [0, 0.05) is 12.8 Å². The third kappa shape index (κ3) is 76.7. The molecule has 0 aliphatic heterocycles. The summed E-state index contributed by atoms with van der Waals surface area (Å²) in [5.41, 5.74) is 0. The highest BCUT2D eigenvalue weighted by Crippen LogP contribution is 2.20. The molecule has 0 saturated carbocycles. The van der Waals surface area contributed by atoms with E-state index < -0.39 is 12.1 Å². The second kappa shape index (κ2) is 80.3. The number of aliphatic hydroxyl groups excluding tert-OH is 2. The van der Waals surface area contributed by atoms with Crippen molar-refractivity contribution < 1.29 is 24.5 Å². The van der Waals surface area contributed by atoms with Crippen molar-refractivity contribution in [2.45, 2.75) is 469 Å². The van der Waals surface area contributed by atoms with Crippen LogP contribution in [-0.4, -0.2) is 47.4 Å². The first-order valence-corrected chi connectivity index (χ1v) is 41.4. The number of nitrogens with one attached hydrogen (secondary N) is 1. The second-order valence-corrected chi connectivity index (χ2v) is 28.4. The van der Waals surface area contributed by atoms with E-state index in [-0.39, 0.29) is 18.5 Å². The molecule has 0 bridgehead atoms. The van der Waals surface area contributed by atoms with Gasteiger partial charge in [-0.25, -0.2) is 0 Å². The average molecular weight is 1280 g/mol. The van der Waals surface area contributed by atoms with Gasteiger partial charge in [0.1, 0.15) is 0 Å². The smallest absolute Gasteiger partial charge is 0.305 e. The van der Waals surface area contributed by atoms with Crippen LogP contribution >= 0.6 is 0 Å². The molecule has 2 unspecified atom stereocenters. The number of unbranched alkanes of at least 4 members (excludes halogenated alkanes) is 61. The number of ether oxygens (including phenoxy) is 1. The number of hydrogen-bond acceptors (Lipinski definition) is 5. The fraction of sp³-hybridized carbons (Fsp3) is 0.882. The number of allylic oxidation sites excluding steroid dienone is 7. The molecule has 0 rings (SSSR count). The quantitative estimate of drug-likeness (QED) is 0.0320. The highest BCUT2D eigenvalue weighted by atomic mass is 16.5. The van der Waals surface area contributed by atoms with Crippen molar-refractivity contribution in [2.24, 2.45) is 0 Å². The van der Waals surface area contributed by atoms with Crippen LogP contribution in [0.4, 0.5) is 0 Å². The van der Waals surface area contributed by atoms with Gasteiger partial charge in [-0.3, -0.25) is 9.59 Å². The molecular weight excluding hydrogens is 1110 g/mol. The maximum Gasteiger partial charge on any atom is 0.305 e. The highest BCUT2D eigenvalue weighted by molar-refractivity contribution is 5.76. The van der Waals surface area contributed by atoms with Gasteiger partial charge >= 0.3 is 5.97 Å². The predicted octanol–water partition coefficient (Wildman–Crippen LogP) is 27.5. The van der Waals surface area contributed by atoms with Gasteiger partial charge in [-0.05, 0) is 89.9 Å². The van der Waals surface area contributed by atoms with E-state index in [1.807, 2.05) is 6.08 Å². The Morgan fingerprint density at radius 1 is 0.308 bits per heavy atom. The summed E-state index contributed by atoms with van der Waals surface area (Å²) in [5.74, 6) is -0.0450. The van der Waals surface area contributed by atoms with Crippen LogP contribution in [0.3, 0.4) is 0 Å². The van der Waals surface area contributed by atoms with Crippen molar-refractivity contribution in [3.05, 3.63) is 48.6 Å². The maximum absolute atomic E-state index is 12.6. The van der Waals surface area contributed by atoms with Gasteiger partial charge in [-0.15, -0.1) is 0 Å². The molecular formula is C85H161NO5. The first-order valence-electron chi connectivity index (χ1n) is 41.4. The SMILES string of the molecule is CCCCC/C=C\C/C=C\CCCCCCCCCCCC(=O)OCCCCCCCCCCCCCC/C=C\CCCCCCCCCCCCCCCCCCCC(=O)NC(CO)C(O)/C=C/CCCCCCCCCCCCCCCCCCCCCC. The van der Waals surface area contributed by atoms with Crippen LogP contribution in [-0.2, 0) is 14.3 Å². The Morgan fingerprint density at radius 3 is 0.868 bits per heavy atom. The van der Waals surface area contributed by atoms with Crippen molar-refractivity contribution >= 4 is 11.9 Å². The molecule has 0 heterocycles. The van der Waals surface area contributed by atoms with Crippen molar-refractivity contribution in [1.82, 2.24) is 5.32 Å². The molecule has 3 N–H and O–H groups in total. The van der Waals surface area contributed by atoms with E-state index in [1.54, 1.807) is 6.08 Å². The number of hydrogen-bond donors (Lipinski definition) is 3. The Hall–Kier alpha value is -2.18. The molecule has 0 aromatic heterocycles. The van der Waals surface area contributed by atoms with Gasteiger partial charge in [-0.2, -0.15) is 0 Å². The van der Waals surface area contributed by atoms with Gasteiger partial charge < -0.3 is 20.3 Å². The summed E-state index contributed by atoms with van der Waals surface area (Å²) in [5, 5.41) is 23.3. The molecule has 0 aliphatic carbocycles. The normalized spacial score (nSPS) is 12.7. The van der Waals surface area contributed by atoms with Crippen molar-refractivity contribution in [3.63, 3.8) is 0 Å². The van der Waals surface area contributed by atoms with Gasteiger partial charge in [0.05, 0.1) is 25.4 Å². The van der Waals surface area contributed by atoms with Crippen LogP contribution < -0.4 is 5.32 Å². The number of carbonyl (C=O) groups excluding carboxylic acids is 2. The zero-order valence-corrected chi connectivity index (χ0v) is 61.6. The van der Waals surface area contributed by atoms with Gasteiger partial charge in [0.25, 0.3) is 0 Å². The predicted molar refractivity (Wildman–Crippen MR) is 402 cm³/mol. The molecule has 1 amide bonds. The highest BCUT2D eigenvalue weighted by Gasteiger charge is 2.18. The lowest BCUT2D eigenvalue weighted by Gasteiger charge is -2.20. The van der Waals surface area contributed by atoms with Gasteiger partial charge in [0.15, 0.2) is 0 Å². The third-order valence-corrected chi connectivity index (χ3v) is 19.3. The Balaban J connectivity index is 3.37. The largest absolute Gasteiger partial charge is 0.466 e. The number of amides is 1. The Morgan fingerprint density at radius 2 is 0.549 bits per heavy atom. The van der Waals surface area contributed by atoms with Crippen LogP contribution in [0, 0.1) is 0 Å². The van der Waals surface area contributed by atoms with E-state index in [9.17, 15) is 19.8 Å². The summed E-state index contributed by atoms with van der Waals surface area (Å²) in [6, 6.07) is -0.627. The van der Waals surface area contributed by atoms with E-state index in [1.165, 1.54) is 379 Å². The van der Waals surface area contributed by atoms with E-state index >= 15 is 0 Å². The number of aliphatic hydroxyl groups is 2. The molecule has 6 nitrogen and oxygen atoms in total. The summed E-state index contributed by atoms with van der Waals surface area (Å²) in [4.78, 5) is 24.7. The Labute approximate surface area is 569 Å².